The molecule has 0 spiro atoms. The van der Waals surface area contributed by atoms with Crippen LogP contribution in [-0.4, -0.2) is 11.8 Å². The summed E-state index contributed by atoms with van der Waals surface area (Å²) in [4.78, 5) is 11.1. The van der Waals surface area contributed by atoms with Gasteiger partial charge in [-0.1, -0.05) is 0 Å². The lowest BCUT2D eigenvalue weighted by atomic mass is 10.1. The fourth-order valence-corrected chi connectivity index (χ4v) is 1.31. The number of Topliss-reactive ketones (excluding diaryl/α,β-unsaturated/α-hetero) is 1. The zero-order chi connectivity index (χ0) is 7.56. The van der Waals surface area contributed by atoms with E-state index in [9.17, 15) is 4.79 Å². The van der Waals surface area contributed by atoms with Crippen LogP contribution in [0.1, 0.15) is 17.3 Å². The minimum absolute atomic E-state index is 0.0150. The fourth-order valence-electron chi connectivity index (χ4n) is 0.668. The number of carbonyl (C=O) groups is 1. The maximum atomic E-state index is 11.1. The van der Waals surface area contributed by atoms with Crippen LogP contribution in [-0.2, 0) is 0 Å². The molecule has 0 aliphatic heterocycles. The molecular weight excluding hydrogens is 146 g/mol. The third kappa shape index (κ3) is 1.43. The average Bonchev–Trinajstić information content (AvgIpc) is 2.36. The third-order valence-electron chi connectivity index (χ3n) is 1.22. The Bertz CT molecular complexity index is 216. The molecule has 10 heavy (non-hydrogen) atoms. The number of carbonyl (C=O) groups excluding carboxylic acids is 1. The molecule has 0 radical (unpaired) electrons. The summed E-state index contributed by atoms with van der Waals surface area (Å²) >= 11 is 1.51. The summed E-state index contributed by atoms with van der Waals surface area (Å²) in [6.07, 6.45) is 0. The Labute approximate surface area is 63.7 Å². The van der Waals surface area contributed by atoms with Crippen molar-refractivity contribution in [1.82, 2.24) is 0 Å². The molecule has 1 heterocycles. The Morgan fingerprint density at radius 2 is 2.50 bits per heavy atom. The van der Waals surface area contributed by atoms with E-state index in [2.05, 4.69) is 0 Å². The van der Waals surface area contributed by atoms with Crippen LogP contribution in [0.4, 0.5) is 0 Å². The van der Waals surface area contributed by atoms with Gasteiger partial charge in [0.25, 0.3) is 0 Å². The summed E-state index contributed by atoms with van der Waals surface area (Å²) in [7, 11) is 0. The Balaban J connectivity index is 2.78. The van der Waals surface area contributed by atoms with Crippen molar-refractivity contribution < 1.29 is 4.79 Å². The van der Waals surface area contributed by atoms with E-state index < -0.39 is 0 Å². The molecule has 1 rings (SSSR count). The Morgan fingerprint density at radius 1 is 1.80 bits per heavy atom. The first-order valence-corrected chi connectivity index (χ1v) is 3.98. The Hall–Kier alpha value is -0.670. The average molecular weight is 155 g/mol. The lowest BCUT2D eigenvalue weighted by Crippen LogP contribution is -2.26. The van der Waals surface area contributed by atoms with Crippen LogP contribution in [0.5, 0.6) is 0 Å². The first-order chi connectivity index (χ1) is 4.72. The zero-order valence-corrected chi connectivity index (χ0v) is 6.52. The largest absolute Gasteiger partial charge is 0.321 e. The van der Waals surface area contributed by atoms with Gasteiger partial charge in [0.05, 0.1) is 6.04 Å². The molecule has 54 valence electrons. The van der Waals surface area contributed by atoms with Crippen LogP contribution in [0.2, 0.25) is 0 Å². The molecule has 1 unspecified atom stereocenters. The van der Waals surface area contributed by atoms with Crippen molar-refractivity contribution >= 4 is 17.1 Å². The summed E-state index contributed by atoms with van der Waals surface area (Å²) in [5.41, 5.74) is 6.10. The predicted octanol–water partition coefficient (Wildman–Crippen LogP) is 1.28. The van der Waals surface area contributed by atoms with Crippen molar-refractivity contribution in [3.05, 3.63) is 22.4 Å². The molecule has 0 amide bonds. The molecule has 0 saturated heterocycles. The van der Waals surface area contributed by atoms with E-state index in [1.165, 1.54) is 11.3 Å². The van der Waals surface area contributed by atoms with Crippen molar-refractivity contribution in [3.8, 4) is 0 Å². The summed E-state index contributed by atoms with van der Waals surface area (Å²) < 4.78 is 0. The lowest BCUT2D eigenvalue weighted by Gasteiger charge is -1.99. The van der Waals surface area contributed by atoms with Crippen LogP contribution in [0.3, 0.4) is 0 Å². The van der Waals surface area contributed by atoms with Crippen LogP contribution in [0, 0.1) is 0 Å². The van der Waals surface area contributed by atoms with E-state index in [1.54, 1.807) is 13.0 Å². The Kier molecular flexibility index (Phi) is 2.19. The monoisotopic (exact) mass is 155 g/mol. The smallest absolute Gasteiger partial charge is 0.180 e. The normalized spacial score (nSPS) is 13.0. The number of nitrogens with two attached hydrogens (primary N) is 1. The van der Waals surface area contributed by atoms with E-state index in [0.29, 0.717) is 0 Å². The van der Waals surface area contributed by atoms with E-state index in [0.717, 1.165) is 5.56 Å². The Morgan fingerprint density at radius 3 is 2.90 bits per heavy atom. The molecule has 1 aromatic heterocycles. The fraction of sp³-hybridized carbons (Fsp3) is 0.286. The quantitative estimate of drug-likeness (QED) is 0.654. The van der Waals surface area contributed by atoms with Crippen LogP contribution >= 0.6 is 11.3 Å². The first kappa shape index (κ1) is 7.44. The molecule has 0 saturated carbocycles. The van der Waals surface area contributed by atoms with Gasteiger partial charge >= 0.3 is 0 Å². The van der Waals surface area contributed by atoms with Crippen molar-refractivity contribution in [2.45, 2.75) is 13.0 Å². The van der Waals surface area contributed by atoms with E-state index in [-0.39, 0.29) is 11.8 Å². The molecular formula is C7H9NOS. The van der Waals surface area contributed by atoms with Crippen molar-refractivity contribution in [2.24, 2.45) is 5.73 Å². The van der Waals surface area contributed by atoms with Gasteiger partial charge in [0.1, 0.15) is 0 Å². The highest BCUT2D eigenvalue weighted by Gasteiger charge is 2.09. The van der Waals surface area contributed by atoms with Gasteiger partial charge < -0.3 is 5.73 Å². The maximum absolute atomic E-state index is 11.1. The van der Waals surface area contributed by atoms with Crippen molar-refractivity contribution in [3.63, 3.8) is 0 Å². The second-order valence-corrected chi connectivity index (χ2v) is 2.94. The highest BCUT2D eigenvalue weighted by Crippen LogP contribution is 2.07. The van der Waals surface area contributed by atoms with Crippen LogP contribution < -0.4 is 5.73 Å². The first-order valence-electron chi connectivity index (χ1n) is 3.04. The predicted molar refractivity (Wildman–Crippen MR) is 42.3 cm³/mol. The molecule has 0 aliphatic carbocycles. The van der Waals surface area contributed by atoms with E-state index >= 15 is 0 Å². The molecule has 0 bridgehead atoms. The molecule has 2 N–H and O–H groups in total. The minimum Gasteiger partial charge on any atom is -0.321 e. The van der Waals surface area contributed by atoms with Crippen LogP contribution in [0.15, 0.2) is 16.8 Å². The number of hydrogen-bond donors (Lipinski definition) is 1. The third-order valence-corrected chi connectivity index (χ3v) is 1.90. The number of ketones is 1. The summed E-state index contributed by atoms with van der Waals surface area (Å²) in [6.45, 7) is 1.69. The second kappa shape index (κ2) is 2.94. The highest BCUT2D eigenvalue weighted by atomic mass is 32.1. The molecule has 1 atom stereocenters. The lowest BCUT2D eigenvalue weighted by molar-refractivity contribution is 0.0968. The van der Waals surface area contributed by atoms with E-state index in [4.69, 9.17) is 5.73 Å². The van der Waals surface area contributed by atoms with Gasteiger partial charge in [0, 0.05) is 10.9 Å². The number of rotatable bonds is 2. The summed E-state index contributed by atoms with van der Waals surface area (Å²) in [5, 5.41) is 3.68. The van der Waals surface area contributed by atoms with Gasteiger partial charge in [-0.2, -0.15) is 11.3 Å². The molecule has 3 heteroatoms. The summed E-state index contributed by atoms with van der Waals surface area (Å²) in [6, 6.07) is 1.41. The SMILES string of the molecule is CC(N)C(=O)c1ccsc1. The number of thiophene rings is 1. The van der Waals surface area contributed by atoms with Crippen LogP contribution in [0.25, 0.3) is 0 Å². The molecule has 1 aromatic rings. The second-order valence-electron chi connectivity index (χ2n) is 2.16. The molecule has 0 aromatic carbocycles. The number of hydrogen-bond acceptors (Lipinski definition) is 3. The standard InChI is InChI=1S/C7H9NOS/c1-5(8)7(9)6-2-3-10-4-6/h2-5H,8H2,1H3. The van der Waals surface area contributed by atoms with Gasteiger partial charge in [0.15, 0.2) is 5.78 Å². The summed E-state index contributed by atoms with van der Waals surface area (Å²) in [5.74, 6) is 0.0150. The molecule has 0 fully saturated rings. The molecule has 2 nitrogen and oxygen atoms in total. The minimum atomic E-state index is -0.380. The van der Waals surface area contributed by atoms with Gasteiger partial charge in [-0.15, -0.1) is 0 Å². The van der Waals surface area contributed by atoms with E-state index in [1.807, 2.05) is 10.8 Å². The van der Waals surface area contributed by atoms with Gasteiger partial charge in [-0.3, -0.25) is 4.79 Å². The van der Waals surface area contributed by atoms with Crippen molar-refractivity contribution in [2.75, 3.05) is 0 Å². The highest BCUT2D eigenvalue weighted by molar-refractivity contribution is 7.08. The maximum Gasteiger partial charge on any atom is 0.180 e. The van der Waals surface area contributed by atoms with Gasteiger partial charge in [0.2, 0.25) is 0 Å². The zero-order valence-electron chi connectivity index (χ0n) is 5.70. The molecule has 0 aliphatic rings. The topological polar surface area (TPSA) is 43.1 Å². The van der Waals surface area contributed by atoms with Gasteiger partial charge in [-0.05, 0) is 18.4 Å². The van der Waals surface area contributed by atoms with Gasteiger partial charge in [-0.25, -0.2) is 0 Å². The van der Waals surface area contributed by atoms with Crippen molar-refractivity contribution in [1.29, 1.82) is 0 Å².